The van der Waals surface area contributed by atoms with Crippen molar-refractivity contribution in [2.45, 2.75) is 26.4 Å². The van der Waals surface area contributed by atoms with Crippen molar-refractivity contribution < 1.29 is 14.4 Å². The molecule has 4 rings (SSSR count). The fourth-order valence-corrected chi connectivity index (χ4v) is 4.96. The Labute approximate surface area is 203 Å². The molecule has 8 heteroatoms. The minimum Gasteiger partial charge on any atom is -0.336 e. The van der Waals surface area contributed by atoms with Crippen LogP contribution in [0, 0.1) is 0 Å². The minimum atomic E-state index is -0.340. The number of amides is 3. The molecule has 3 amide bonds. The Bertz CT molecular complexity index is 1090. The Hall–Kier alpha value is -2.61. The molecule has 0 spiro atoms. The highest BCUT2D eigenvalue weighted by Gasteiger charge is 2.35. The first-order chi connectivity index (χ1) is 15.8. The average molecular weight is 484 g/mol. The Morgan fingerprint density at radius 3 is 2.33 bits per heavy atom. The van der Waals surface area contributed by atoms with E-state index >= 15 is 0 Å². The second kappa shape index (κ2) is 10.1. The van der Waals surface area contributed by atoms with E-state index in [0.29, 0.717) is 21.5 Å². The number of halogens is 1. The van der Waals surface area contributed by atoms with Gasteiger partial charge in [-0.05, 0) is 61.0 Å². The minimum absolute atomic E-state index is 0.0185. The van der Waals surface area contributed by atoms with Crippen molar-refractivity contribution >= 4 is 46.5 Å². The van der Waals surface area contributed by atoms with Crippen LogP contribution >= 0.6 is 23.4 Å². The van der Waals surface area contributed by atoms with Crippen molar-refractivity contribution in [3.8, 4) is 0 Å². The van der Waals surface area contributed by atoms with Crippen LogP contribution in [0.3, 0.4) is 0 Å². The molecule has 0 N–H and O–H groups in total. The van der Waals surface area contributed by atoms with Gasteiger partial charge in [0.15, 0.2) is 0 Å². The van der Waals surface area contributed by atoms with Gasteiger partial charge in [0.1, 0.15) is 0 Å². The zero-order valence-corrected chi connectivity index (χ0v) is 20.2. The SMILES string of the molecule is CC(C)N1CCN(C(=O)c2ccc(/C=C3\SC(=O)N(Cc4ccccc4Cl)C3=O)cc2)CC1. The lowest BCUT2D eigenvalue weighted by molar-refractivity contribution is -0.123. The molecule has 172 valence electrons. The van der Waals surface area contributed by atoms with Crippen molar-refractivity contribution in [2.24, 2.45) is 0 Å². The standard InChI is InChI=1S/C25H26ClN3O3S/c1-17(2)27-11-13-28(14-12-27)23(30)19-9-7-18(8-10-19)15-22-24(31)29(25(32)33-22)16-20-5-3-4-6-21(20)26/h3-10,15,17H,11-14,16H2,1-2H3/b22-15-. The van der Waals surface area contributed by atoms with Crippen molar-refractivity contribution in [1.82, 2.24) is 14.7 Å². The summed E-state index contributed by atoms with van der Waals surface area (Å²) in [7, 11) is 0. The van der Waals surface area contributed by atoms with Crippen molar-refractivity contribution in [1.29, 1.82) is 0 Å². The number of thioether (sulfide) groups is 1. The first-order valence-electron chi connectivity index (χ1n) is 11.0. The summed E-state index contributed by atoms with van der Waals surface area (Å²) < 4.78 is 0. The van der Waals surface area contributed by atoms with E-state index in [1.54, 1.807) is 48.5 Å². The summed E-state index contributed by atoms with van der Waals surface area (Å²) in [5.41, 5.74) is 2.11. The maximum Gasteiger partial charge on any atom is 0.293 e. The molecule has 0 unspecified atom stereocenters. The number of hydrogen-bond acceptors (Lipinski definition) is 5. The molecule has 2 aromatic carbocycles. The van der Waals surface area contributed by atoms with E-state index in [4.69, 9.17) is 11.6 Å². The molecule has 0 bridgehead atoms. The summed E-state index contributed by atoms with van der Waals surface area (Å²) in [6, 6.07) is 14.8. The van der Waals surface area contributed by atoms with Crippen LogP contribution in [0.1, 0.15) is 35.3 Å². The summed E-state index contributed by atoms with van der Waals surface area (Å²) in [4.78, 5) is 43.9. The monoisotopic (exact) mass is 483 g/mol. The van der Waals surface area contributed by atoms with Gasteiger partial charge < -0.3 is 4.90 Å². The molecule has 0 atom stereocenters. The third-order valence-electron chi connectivity index (χ3n) is 5.95. The Balaban J connectivity index is 1.41. The van der Waals surface area contributed by atoms with Crippen LogP contribution in [-0.4, -0.2) is 64.0 Å². The van der Waals surface area contributed by atoms with Gasteiger partial charge in [0.2, 0.25) is 0 Å². The molecule has 0 saturated carbocycles. The van der Waals surface area contributed by atoms with E-state index < -0.39 is 0 Å². The van der Waals surface area contributed by atoms with Gasteiger partial charge >= 0.3 is 0 Å². The van der Waals surface area contributed by atoms with Gasteiger partial charge in [-0.25, -0.2) is 0 Å². The van der Waals surface area contributed by atoms with Crippen molar-refractivity contribution in [3.63, 3.8) is 0 Å². The zero-order valence-electron chi connectivity index (χ0n) is 18.7. The first kappa shape index (κ1) is 23.5. The second-order valence-corrected chi connectivity index (χ2v) is 9.80. The lowest BCUT2D eigenvalue weighted by Gasteiger charge is -2.37. The number of hydrogen-bond donors (Lipinski definition) is 0. The highest BCUT2D eigenvalue weighted by molar-refractivity contribution is 8.18. The van der Waals surface area contributed by atoms with Crippen LogP contribution in [0.15, 0.2) is 53.4 Å². The number of carbonyl (C=O) groups excluding carboxylic acids is 3. The quantitative estimate of drug-likeness (QED) is 0.575. The molecule has 2 fully saturated rings. The number of benzene rings is 2. The largest absolute Gasteiger partial charge is 0.336 e. The molecule has 6 nitrogen and oxygen atoms in total. The predicted molar refractivity (Wildman–Crippen MR) is 132 cm³/mol. The summed E-state index contributed by atoms with van der Waals surface area (Å²) in [6.07, 6.45) is 1.69. The molecule has 2 aromatic rings. The smallest absolute Gasteiger partial charge is 0.293 e. The molecular formula is C25H26ClN3O3S. The molecule has 2 aliphatic heterocycles. The molecule has 2 aliphatic rings. The fraction of sp³-hybridized carbons (Fsp3) is 0.320. The molecular weight excluding hydrogens is 458 g/mol. The highest BCUT2D eigenvalue weighted by Crippen LogP contribution is 2.34. The Morgan fingerprint density at radius 1 is 1.03 bits per heavy atom. The van der Waals surface area contributed by atoms with E-state index in [-0.39, 0.29) is 23.6 Å². The summed E-state index contributed by atoms with van der Waals surface area (Å²) >= 11 is 7.09. The molecule has 2 heterocycles. The molecule has 0 radical (unpaired) electrons. The van der Waals surface area contributed by atoms with E-state index in [1.807, 2.05) is 11.0 Å². The molecule has 0 aromatic heterocycles. The van der Waals surface area contributed by atoms with Crippen molar-refractivity contribution in [2.75, 3.05) is 26.2 Å². The van der Waals surface area contributed by atoms with Gasteiger partial charge in [-0.3, -0.25) is 24.2 Å². The average Bonchev–Trinajstić information content (AvgIpc) is 3.08. The maximum absolute atomic E-state index is 12.8. The third-order valence-corrected chi connectivity index (χ3v) is 7.22. The third kappa shape index (κ3) is 5.32. The van der Waals surface area contributed by atoms with Crippen LogP contribution in [0.25, 0.3) is 6.08 Å². The number of piperazine rings is 1. The first-order valence-corrected chi connectivity index (χ1v) is 12.1. The van der Waals surface area contributed by atoms with Gasteiger partial charge in [-0.1, -0.05) is 41.9 Å². The molecule has 2 saturated heterocycles. The summed E-state index contributed by atoms with van der Waals surface area (Å²) in [5, 5.41) is 0.199. The molecule has 33 heavy (non-hydrogen) atoms. The lowest BCUT2D eigenvalue weighted by Crippen LogP contribution is -2.50. The van der Waals surface area contributed by atoms with E-state index in [1.165, 1.54) is 4.90 Å². The predicted octanol–water partition coefficient (Wildman–Crippen LogP) is 4.74. The Kier molecular flexibility index (Phi) is 7.22. The van der Waals surface area contributed by atoms with Crippen molar-refractivity contribution in [3.05, 3.63) is 75.1 Å². The maximum atomic E-state index is 12.8. The topological polar surface area (TPSA) is 60.9 Å². The Morgan fingerprint density at radius 2 is 1.70 bits per heavy atom. The number of nitrogens with zero attached hydrogens (tertiary/aromatic N) is 3. The summed E-state index contributed by atoms with van der Waals surface area (Å²) in [5.74, 6) is -0.321. The number of imide groups is 1. The zero-order chi connectivity index (χ0) is 23.5. The van der Waals surface area contributed by atoms with Gasteiger partial charge in [0.05, 0.1) is 11.4 Å². The number of carbonyl (C=O) groups is 3. The fourth-order valence-electron chi connectivity index (χ4n) is 3.93. The van der Waals surface area contributed by atoms with E-state index in [0.717, 1.165) is 49.1 Å². The lowest BCUT2D eigenvalue weighted by atomic mass is 10.1. The van der Waals surface area contributed by atoms with Crippen LogP contribution in [0.4, 0.5) is 4.79 Å². The number of rotatable bonds is 5. The second-order valence-electron chi connectivity index (χ2n) is 8.40. The summed E-state index contributed by atoms with van der Waals surface area (Å²) in [6.45, 7) is 7.68. The van der Waals surface area contributed by atoms with Crippen LogP contribution in [0.5, 0.6) is 0 Å². The highest BCUT2D eigenvalue weighted by atomic mass is 35.5. The van der Waals surface area contributed by atoms with Crippen LogP contribution in [0.2, 0.25) is 5.02 Å². The van der Waals surface area contributed by atoms with Crippen LogP contribution < -0.4 is 0 Å². The van der Waals surface area contributed by atoms with E-state index in [2.05, 4.69) is 18.7 Å². The van der Waals surface area contributed by atoms with Gasteiger partial charge in [0, 0.05) is 42.8 Å². The van der Waals surface area contributed by atoms with Crippen LogP contribution in [-0.2, 0) is 11.3 Å². The molecule has 0 aliphatic carbocycles. The normalized spacial score (nSPS) is 18.6. The van der Waals surface area contributed by atoms with Gasteiger partial charge in [-0.15, -0.1) is 0 Å². The van der Waals surface area contributed by atoms with Gasteiger partial charge in [0.25, 0.3) is 17.1 Å². The van der Waals surface area contributed by atoms with E-state index in [9.17, 15) is 14.4 Å². The van der Waals surface area contributed by atoms with Gasteiger partial charge in [-0.2, -0.15) is 0 Å².